The molecule has 0 fully saturated rings. The molecule has 0 bridgehead atoms. The predicted molar refractivity (Wildman–Crippen MR) is 161 cm³/mol. The molecule has 4 nitrogen and oxygen atoms in total. The van der Waals surface area contributed by atoms with Gasteiger partial charge in [0.25, 0.3) is 0 Å². The Kier molecular flexibility index (Phi) is 41.5. The molecule has 0 N–H and O–H groups in total. The molecule has 0 aliphatic heterocycles. The van der Waals surface area contributed by atoms with E-state index in [2.05, 4.69) is 55.4 Å². The van der Waals surface area contributed by atoms with E-state index >= 15 is 0 Å². The third-order valence-corrected chi connectivity index (χ3v) is 6.74. The summed E-state index contributed by atoms with van der Waals surface area (Å²) in [5.41, 5.74) is 0. The molecule has 0 aromatic carbocycles. The van der Waals surface area contributed by atoms with Gasteiger partial charge in [0.1, 0.15) is 0 Å². The van der Waals surface area contributed by atoms with Gasteiger partial charge in [0, 0.05) is 0 Å². The molecular weight excluding hydrogens is 444 g/mol. The maximum absolute atomic E-state index is 8.93. The molecule has 0 spiro atoms. The SMILES string of the molecule is CCCC[N+](CCCC)(CCCC)CCCC.CCC[N+](CCC)(CCC)CCC.CC[O-].CC[O-]. The van der Waals surface area contributed by atoms with E-state index in [1.807, 2.05) is 0 Å². The van der Waals surface area contributed by atoms with Gasteiger partial charge in [-0.3, -0.25) is 0 Å². The molecule has 0 aromatic heterocycles. The highest BCUT2D eigenvalue weighted by molar-refractivity contribution is 4.49. The minimum Gasteiger partial charge on any atom is -0.855 e. The van der Waals surface area contributed by atoms with Crippen LogP contribution in [0.25, 0.3) is 0 Å². The molecule has 224 valence electrons. The zero-order valence-corrected chi connectivity index (χ0v) is 27.3. The maximum Gasteiger partial charge on any atom is 0.0786 e. The van der Waals surface area contributed by atoms with Crippen molar-refractivity contribution in [3.05, 3.63) is 0 Å². The van der Waals surface area contributed by atoms with Crippen LogP contribution in [0.2, 0.25) is 0 Å². The van der Waals surface area contributed by atoms with Gasteiger partial charge in [-0.05, 0) is 51.4 Å². The van der Waals surface area contributed by atoms with E-state index < -0.39 is 0 Å². The van der Waals surface area contributed by atoms with E-state index in [9.17, 15) is 0 Å². The van der Waals surface area contributed by atoms with Gasteiger partial charge in [-0.1, -0.05) is 94.9 Å². The quantitative estimate of drug-likeness (QED) is 0.160. The van der Waals surface area contributed by atoms with Crippen molar-refractivity contribution in [1.29, 1.82) is 0 Å². The van der Waals surface area contributed by atoms with Gasteiger partial charge in [0.05, 0.1) is 52.4 Å². The lowest BCUT2D eigenvalue weighted by molar-refractivity contribution is -0.929. The second-order valence-corrected chi connectivity index (χ2v) is 10.5. The highest BCUT2D eigenvalue weighted by Crippen LogP contribution is 2.16. The Balaban J connectivity index is -0.000000238. The van der Waals surface area contributed by atoms with Crippen LogP contribution in [0.5, 0.6) is 0 Å². The van der Waals surface area contributed by atoms with E-state index in [4.69, 9.17) is 10.2 Å². The number of nitrogens with zero attached hydrogens (tertiary/aromatic N) is 2. The van der Waals surface area contributed by atoms with Gasteiger partial charge in [0.2, 0.25) is 0 Å². The normalized spacial score (nSPS) is 11.0. The third kappa shape index (κ3) is 28.4. The van der Waals surface area contributed by atoms with Crippen molar-refractivity contribution >= 4 is 0 Å². The summed E-state index contributed by atoms with van der Waals surface area (Å²) in [6.45, 7) is 32.9. The molecule has 0 aliphatic carbocycles. The van der Waals surface area contributed by atoms with Crippen LogP contribution in [0, 0.1) is 0 Å². The van der Waals surface area contributed by atoms with Crippen LogP contribution in [0.1, 0.15) is 146 Å². The van der Waals surface area contributed by atoms with Crippen LogP contribution in [0.15, 0.2) is 0 Å². The van der Waals surface area contributed by atoms with Gasteiger partial charge < -0.3 is 19.2 Å². The van der Waals surface area contributed by atoms with Crippen LogP contribution < -0.4 is 10.2 Å². The summed E-state index contributed by atoms with van der Waals surface area (Å²) in [6.07, 6.45) is 16.4. The van der Waals surface area contributed by atoms with E-state index in [1.165, 1.54) is 138 Å². The Labute approximate surface area is 231 Å². The molecule has 0 heterocycles. The standard InChI is InChI=1S/C16H36N.C12H28N.2C2H5O/c1-5-9-13-17(14-10-6-2,15-11-7-3)16-12-8-4;1-5-9-13(10-6-2,11-7-3)12-8-4;2*1-2-3/h5-16H2,1-4H3;5-12H2,1-4H3;2*2H2,1H3/q2*+1;2*-1. The predicted octanol–water partition coefficient (Wildman–Crippen LogP) is 7.18. The summed E-state index contributed by atoms with van der Waals surface area (Å²) in [7, 11) is 0. The van der Waals surface area contributed by atoms with Gasteiger partial charge in [-0.25, -0.2) is 0 Å². The van der Waals surface area contributed by atoms with Crippen LogP contribution in [0.4, 0.5) is 0 Å². The molecule has 0 unspecified atom stereocenters. The first kappa shape index (κ1) is 42.9. The largest absolute Gasteiger partial charge is 0.855 e. The molecular formula is C32H74N2O2. The van der Waals surface area contributed by atoms with Crippen LogP contribution in [0.3, 0.4) is 0 Å². The van der Waals surface area contributed by atoms with Crippen molar-refractivity contribution in [2.24, 2.45) is 0 Å². The molecule has 0 amide bonds. The van der Waals surface area contributed by atoms with Crippen molar-refractivity contribution in [2.45, 2.75) is 146 Å². The third-order valence-electron chi connectivity index (χ3n) is 6.74. The fourth-order valence-corrected chi connectivity index (χ4v) is 5.21. The molecule has 4 heteroatoms. The van der Waals surface area contributed by atoms with Crippen LogP contribution in [-0.4, -0.2) is 74.5 Å². The average Bonchev–Trinajstić information content (AvgIpc) is 2.85. The fourth-order valence-electron chi connectivity index (χ4n) is 5.21. The Morgan fingerprint density at radius 1 is 0.306 bits per heavy atom. The minimum atomic E-state index is 0. The van der Waals surface area contributed by atoms with E-state index in [0.717, 1.165) is 0 Å². The van der Waals surface area contributed by atoms with E-state index in [1.54, 1.807) is 13.8 Å². The number of quaternary nitrogens is 2. The first-order valence-electron chi connectivity index (χ1n) is 16.2. The second-order valence-electron chi connectivity index (χ2n) is 10.5. The van der Waals surface area contributed by atoms with E-state index in [-0.39, 0.29) is 13.2 Å². The molecule has 0 radical (unpaired) electrons. The van der Waals surface area contributed by atoms with Crippen LogP contribution in [-0.2, 0) is 0 Å². The summed E-state index contributed by atoms with van der Waals surface area (Å²) in [5.74, 6) is 0. The summed E-state index contributed by atoms with van der Waals surface area (Å²) in [6, 6.07) is 0. The summed E-state index contributed by atoms with van der Waals surface area (Å²) in [4.78, 5) is 0. The molecule has 0 rings (SSSR count). The van der Waals surface area contributed by atoms with E-state index in [0.29, 0.717) is 0 Å². The summed E-state index contributed by atoms with van der Waals surface area (Å²) in [5, 5.41) is 17.9. The van der Waals surface area contributed by atoms with Gasteiger partial charge in [-0.2, -0.15) is 0 Å². The Morgan fingerprint density at radius 2 is 0.472 bits per heavy atom. The molecule has 36 heavy (non-hydrogen) atoms. The van der Waals surface area contributed by atoms with Crippen molar-refractivity contribution in [3.63, 3.8) is 0 Å². The first-order valence-corrected chi connectivity index (χ1v) is 16.2. The van der Waals surface area contributed by atoms with Crippen molar-refractivity contribution in [1.82, 2.24) is 0 Å². The second kappa shape index (κ2) is 34.8. The van der Waals surface area contributed by atoms with Crippen LogP contribution >= 0.6 is 0 Å². The van der Waals surface area contributed by atoms with Crippen molar-refractivity contribution in [2.75, 3.05) is 65.6 Å². The number of unbranched alkanes of at least 4 members (excludes halogenated alkanes) is 4. The van der Waals surface area contributed by atoms with Gasteiger partial charge >= 0.3 is 0 Å². The lowest BCUT2D eigenvalue weighted by Crippen LogP contribution is -2.50. The number of hydrogen-bond acceptors (Lipinski definition) is 2. The topological polar surface area (TPSA) is 46.1 Å². The lowest BCUT2D eigenvalue weighted by Gasteiger charge is -2.39. The minimum absolute atomic E-state index is 0. The zero-order valence-electron chi connectivity index (χ0n) is 27.3. The van der Waals surface area contributed by atoms with Crippen molar-refractivity contribution < 1.29 is 19.2 Å². The Bertz CT molecular complexity index is 295. The highest BCUT2D eigenvalue weighted by atomic mass is 16.3. The molecule has 0 saturated heterocycles. The maximum atomic E-state index is 8.93. The molecule has 0 saturated carbocycles. The fraction of sp³-hybridized carbons (Fsp3) is 1.00. The molecule has 0 aliphatic rings. The smallest absolute Gasteiger partial charge is 0.0786 e. The van der Waals surface area contributed by atoms with Gasteiger partial charge in [-0.15, -0.1) is 13.2 Å². The zero-order chi connectivity index (χ0) is 28.6. The average molecular weight is 519 g/mol. The number of hydrogen-bond donors (Lipinski definition) is 0. The Morgan fingerprint density at radius 3 is 0.611 bits per heavy atom. The first-order chi connectivity index (χ1) is 17.3. The Hall–Kier alpha value is -0.160. The monoisotopic (exact) mass is 519 g/mol. The summed E-state index contributed by atoms with van der Waals surface area (Å²) < 4.78 is 2.80. The van der Waals surface area contributed by atoms with Gasteiger partial charge in [0.15, 0.2) is 0 Å². The highest BCUT2D eigenvalue weighted by Gasteiger charge is 2.25. The number of rotatable bonds is 20. The molecule has 0 aromatic rings. The molecule has 0 atom stereocenters. The summed E-state index contributed by atoms with van der Waals surface area (Å²) >= 11 is 0. The van der Waals surface area contributed by atoms with Crippen molar-refractivity contribution in [3.8, 4) is 0 Å². The lowest BCUT2D eigenvalue weighted by atomic mass is 10.1.